The highest BCUT2D eigenvalue weighted by Gasteiger charge is 1.96. The lowest BCUT2D eigenvalue weighted by molar-refractivity contribution is 1.34. The number of benzene rings is 2. The van der Waals surface area contributed by atoms with Crippen molar-refractivity contribution in [1.29, 1.82) is 0 Å². The summed E-state index contributed by atoms with van der Waals surface area (Å²) in [5.41, 5.74) is 2.71. The summed E-state index contributed by atoms with van der Waals surface area (Å²) in [5.74, 6) is 1.03. The standard InChI is InChI=1S/C14H13BrS/c1-11-3-2-4-12(9-11)10-16-14-7-5-13(15)6-8-14/h2-9H,10H2,1H3. The van der Waals surface area contributed by atoms with Gasteiger partial charge in [0, 0.05) is 15.1 Å². The van der Waals surface area contributed by atoms with E-state index in [-0.39, 0.29) is 0 Å². The third-order valence-corrected chi connectivity index (χ3v) is 3.91. The molecule has 0 aliphatic rings. The van der Waals surface area contributed by atoms with Crippen molar-refractivity contribution in [2.75, 3.05) is 0 Å². The van der Waals surface area contributed by atoms with Gasteiger partial charge in [-0.1, -0.05) is 45.8 Å². The molecule has 0 bridgehead atoms. The number of thioether (sulfide) groups is 1. The van der Waals surface area contributed by atoms with Gasteiger partial charge in [-0.2, -0.15) is 0 Å². The second-order valence-corrected chi connectivity index (χ2v) is 5.70. The van der Waals surface area contributed by atoms with Gasteiger partial charge in [-0.05, 0) is 36.8 Å². The molecule has 0 saturated heterocycles. The SMILES string of the molecule is Cc1cccc(CSc2ccc(Br)cc2)c1. The fourth-order valence-electron chi connectivity index (χ4n) is 1.50. The fraction of sp³-hybridized carbons (Fsp3) is 0.143. The maximum absolute atomic E-state index is 3.44. The summed E-state index contributed by atoms with van der Waals surface area (Å²) in [6, 6.07) is 17.1. The van der Waals surface area contributed by atoms with Crippen LogP contribution in [0.2, 0.25) is 0 Å². The second kappa shape index (κ2) is 5.55. The van der Waals surface area contributed by atoms with Gasteiger partial charge in [0.2, 0.25) is 0 Å². The monoisotopic (exact) mass is 292 g/mol. The normalized spacial score (nSPS) is 10.4. The summed E-state index contributed by atoms with van der Waals surface area (Å²) in [6.45, 7) is 2.13. The number of hydrogen-bond acceptors (Lipinski definition) is 1. The van der Waals surface area contributed by atoms with E-state index in [2.05, 4.69) is 71.4 Å². The Kier molecular flexibility index (Phi) is 4.08. The van der Waals surface area contributed by atoms with Crippen LogP contribution in [-0.2, 0) is 5.75 Å². The summed E-state index contributed by atoms with van der Waals surface area (Å²) in [4.78, 5) is 1.31. The predicted octanol–water partition coefficient (Wildman–Crippen LogP) is 5.05. The lowest BCUT2D eigenvalue weighted by Gasteiger charge is -2.03. The Morgan fingerprint density at radius 3 is 2.50 bits per heavy atom. The molecule has 0 N–H and O–H groups in total. The molecule has 82 valence electrons. The molecule has 0 atom stereocenters. The molecule has 0 heterocycles. The molecule has 0 nitrogen and oxygen atoms in total. The fourth-order valence-corrected chi connectivity index (χ4v) is 2.61. The molecule has 0 radical (unpaired) electrons. The van der Waals surface area contributed by atoms with E-state index in [0.29, 0.717) is 0 Å². The highest BCUT2D eigenvalue weighted by Crippen LogP contribution is 2.24. The van der Waals surface area contributed by atoms with E-state index in [1.54, 1.807) is 0 Å². The van der Waals surface area contributed by atoms with Crippen molar-refractivity contribution >= 4 is 27.7 Å². The van der Waals surface area contributed by atoms with Crippen LogP contribution in [0.4, 0.5) is 0 Å². The average Bonchev–Trinajstić information content (AvgIpc) is 2.28. The number of halogens is 1. The molecular weight excluding hydrogens is 280 g/mol. The first-order valence-corrected chi connectivity index (χ1v) is 6.96. The minimum absolute atomic E-state index is 1.03. The van der Waals surface area contributed by atoms with Crippen LogP contribution in [-0.4, -0.2) is 0 Å². The van der Waals surface area contributed by atoms with Gasteiger partial charge in [0.25, 0.3) is 0 Å². The summed E-state index contributed by atoms with van der Waals surface area (Å²) >= 11 is 5.31. The van der Waals surface area contributed by atoms with Crippen molar-refractivity contribution in [2.24, 2.45) is 0 Å². The van der Waals surface area contributed by atoms with Crippen molar-refractivity contribution in [2.45, 2.75) is 17.6 Å². The maximum Gasteiger partial charge on any atom is 0.0232 e. The van der Waals surface area contributed by atoms with Gasteiger partial charge in [-0.15, -0.1) is 11.8 Å². The minimum Gasteiger partial charge on any atom is -0.121 e. The van der Waals surface area contributed by atoms with E-state index in [4.69, 9.17) is 0 Å². The first-order valence-electron chi connectivity index (χ1n) is 5.18. The number of aryl methyl sites for hydroxylation is 1. The van der Waals surface area contributed by atoms with Crippen LogP contribution in [0.15, 0.2) is 57.9 Å². The molecule has 0 spiro atoms. The van der Waals surface area contributed by atoms with E-state index in [9.17, 15) is 0 Å². The lowest BCUT2D eigenvalue weighted by Crippen LogP contribution is -1.81. The Morgan fingerprint density at radius 2 is 1.81 bits per heavy atom. The molecule has 2 rings (SSSR count). The van der Waals surface area contributed by atoms with Gasteiger partial charge in [0.15, 0.2) is 0 Å². The van der Waals surface area contributed by atoms with Crippen LogP contribution in [0, 0.1) is 6.92 Å². The molecule has 0 saturated carbocycles. The van der Waals surface area contributed by atoms with Gasteiger partial charge >= 0.3 is 0 Å². The summed E-state index contributed by atoms with van der Waals surface area (Å²) in [7, 11) is 0. The third-order valence-electron chi connectivity index (χ3n) is 2.30. The molecule has 0 aliphatic carbocycles. The van der Waals surface area contributed by atoms with E-state index in [0.717, 1.165) is 10.2 Å². The van der Waals surface area contributed by atoms with Crippen molar-refractivity contribution < 1.29 is 0 Å². The topological polar surface area (TPSA) is 0 Å². The van der Waals surface area contributed by atoms with E-state index in [1.165, 1.54) is 16.0 Å². The van der Waals surface area contributed by atoms with Gasteiger partial charge in [-0.3, -0.25) is 0 Å². The largest absolute Gasteiger partial charge is 0.121 e. The second-order valence-electron chi connectivity index (χ2n) is 3.73. The highest BCUT2D eigenvalue weighted by molar-refractivity contribution is 9.10. The van der Waals surface area contributed by atoms with E-state index >= 15 is 0 Å². The first kappa shape index (κ1) is 11.7. The molecule has 0 amide bonds. The van der Waals surface area contributed by atoms with Crippen LogP contribution in [0.1, 0.15) is 11.1 Å². The van der Waals surface area contributed by atoms with E-state index in [1.807, 2.05) is 11.8 Å². The molecule has 0 fully saturated rings. The van der Waals surface area contributed by atoms with Crippen molar-refractivity contribution in [1.82, 2.24) is 0 Å². The molecule has 2 aromatic carbocycles. The van der Waals surface area contributed by atoms with Crippen molar-refractivity contribution in [3.63, 3.8) is 0 Å². The van der Waals surface area contributed by atoms with Crippen molar-refractivity contribution in [3.8, 4) is 0 Å². The van der Waals surface area contributed by atoms with Gasteiger partial charge in [0.05, 0.1) is 0 Å². The lowest BCUT2D eigenvalue weighted by atomic mass is 10.2. The minimum atomic E-state index is 1.03. The van der Waals surface area contributed by atoms with Crippen LogP contribution < -0.4 is 0 Å². The Balaban J connectivity index is 1.99. The Morgan fingerprint density at radius 1 is 1.06 bits per heavy atom. The van der Waals surface area contributed by atoms with Gasteiger partial charge in [-0.25, -0.2) is 0 Å². The molecule has 0 aliphatic heterocycles. The Labute approximate surface area is 109 Å². The average molecular weight is 293 g/mol. The smallest absolute Gasteiger partial charge is 0.0232 e. The zero-order chi connectivity index (χ0) is 11.4. The molecule has 0 unspecified atom stereocenters. The molecular formula is C14H13BrS. The Hall–Kier alpha value is -0.730. The zero-order valence-electron chi connectivity index (χ0n) is 9.11. The molecule has 2 heteroatoms. The summed E-state index contributed by atoms with van der Waals surface area (Å²) in [6.07, 6.45) is 0. The summed E-state index contributed by atoms with van der Waals surface area (Å²) in [5, 5.41) is 0. The van der Waals surface area contributed by atoms with Gasteiger partial charge in [0.1, 0.15) is 0 Å². The summed E-state index contributed by atoms with van der Waals surface area (Å²) < 4.78 is 1.13. The van der Waals surface area contributed by atoms with Crippen LogP contribution in [0.5, 0.6) is 0 Å². The molecule has 2 aromatic rings. The maximum atomic E-state index is 3.44. The van der Waals surface area contributed by atoms with Crippen LogP contribution in [0.25, 0.3) is 0 Å². The van der Waals surface area contributed by atoms with Crippen molar-refractivity contribution in [3.05, 3.63) is 64.1 Å². The predicted molar refractivity (Wildman–Crippen MR) is 74.9 cm³/mol. The third kappa shape index (κ3) is 3.39. The highest BCUT2D eigenvalue weighted by atomic mass is 79.9. The Bertz CT molecular complexity index is 462. The zero-order valence-corrected chi connectivity index (χ0v) is 11.5. The van der Waals surface area contributed by atoms with Crippen LogP contribution in [0.3, 0.4) is 0 Å². The van der Waals surface area contributed by atoms with Gasteiger partial charge < -0.3 is 0 Å². The number of hydrogen-bond donors (Lipinski definition) is 0. The molecule has 0 aromatic heterocycles. The molecule has 16 heavy (non-hydrogen) atoms. The van der Waals surface area contributed by atoms with Crippen LogP contribution >= 0.6 is 27.7 Å². The first-order chi connectivity index (χ1) is 7.74. The quantitative estimate of drug-likeness (QED) is 0.714. The number of rotatable bonds is 3. The van der Waals surface area contributed by atoms with E-state index < -0.39 is 0 Å².